The molecule has 10 heteroatoms. The van der Waals surface area contributed by atoms with Gasteiger partial charge in [0.2, 0.25) is 0 Å². The third-order valence-electron chi connectivity index (χ3n) is 8.29. The van der Waals surface area contributed by atoms with Crippen molar-refractivity contribution < 1.29 is 42.2 Å². The summed E-state index contributed by atoms with van der Waals surface area (Å²) in [6.07, 6.45) is -3.50. The summed E-state index contributed by atoms with van der Waals surface area (Å²) in [5, 5.41) is 11.5. The highest BCUT2D eigenvalue weighted by Gasteiger charge is 2.53. The van der Waals surface area contributed by atoms with E-state index in [0.717, 1.165) is 16.7 Å². The summed E-state index contributed by atoms with van der Waals surface area (Å²) in [5.41, 5.74) is 1.70. The first-order valence-electron chi connectivity index (χ1n) is 16.8. The van der Waals surface area contributed by atoms with E-state index in [1.807, 2.05) is 91.0 Å². The number of hydrogen-bond donors (Lipinski definition) is 1. The van der Waals surface area contributed by atoms with Gasteiger partial charge in [0, 0.05) is 17.9 Å². The first kappa shape index (κ1) is 37.5. The zero-order chi connectivity index (χ0) is 35.2. The van der Waals surface area contributed by atoms with Crippen molar-refractivity contribution in [3.63, 3.8) is 0 Å². The maximum Gasteiger partial charge on any atom is 0.342 e. The minimum Gasteiger partial charge on any atom is -0.493 e. The second kappa shape index (κ2) is 19.0. The summed E-state index contributed by atoms with van der Waals surface area (Å²) in [7, 11) is 0. The number of esters is 1. The minimum absolute atomic E-state index is 0.200. The monoisotopic (exact) mass is 704 g/mol. The van der Waals surface area contributed by atoms with Crippen LogP contribution in [0, 0.1) is 0 Å². The summed E-state index contributed by atoms with van der Waals surface area (Å²) in [4.78, 5) is 13.5. The number of aliphatic hydroxyl groups is 1. The van der Waals surface area contributed by atoms with Gasteiger partial charge in [-0.15, -0.1) is 0 Å². The largest absolute Gasteiger partial charge is 0.493 e. The minimum atomic E-state index is -1.37. The Morgan fingerprint density at radius 3 is 1.78 bits per heavy atom. The van der Waals surface area contributed by atoms with Crippen molar-refractivity contribution in [3.05, 3.63) is 138 Å². The van der Waals surface area contributed by atoms with Crippen LogP contribution in [-0.4, -0.2) is 66.2 Å². The molecule has 5 rings (SSSR count). The Bertz CT molecular complexity index is 1570. The van der Waals surface area contributed by atoms with Crippen LogP contribution in [0.4, 0.5) is 3.89 Å². The molecule has 4 aromatic rings. The molecule has 1 aliphatic rings. The van der Waals surface area contributed by atoms with E-state index < -0.39 is 42.1 Å². The second-order valence-corrected chi connectivity index (χ2v) is 13.3. The predicted octanol–water partition coefficient (Wildman–Crippen LogP) is 7.52. The van der Waals surface area contributed by atoms with Crippen LogP contribution in [0.1, 0.15) is 47.3 Å². The Labute approximate surface area is 298 Å². The molecule has 1 heterocycles. The quantitative estimate of drug-likeness (QED) is 0.0834. The van der Waals surface area contributed by atoms with Gasteiger partial charge in [-0.25, -0.2) is 4.79 Å². The van der Waals surface area contributed by atoms with Crippen molar-refractivity contribution in [2.45, 2.75) is 76.2 Å². The van der Waals surface area contributed by atoms with E-state index in [4.69, 9.17) is 28.4 Å². The molecule has 1 saturated heterocycles. The molecule has 4 aromatic carbocycles. The molecular weight excluding hydrogens is 659 g/mol. The van der Waals surface area contributed by atoms with Gasteiger partial charge < -0.3 is 33.5 Å². The Balaban J connectivity index is 1.43. The highest BCUT2D eigenvalue weighted by molar-refractivity contribution is 7.94. The van der Waals surface area contributed by atoms with Gasteiger partial charge in [0.05, 0.1) is 32.0 Å². The molecular formula is C40H45FO8S. The molecule has 50 heavy (non-hydrogen) atoms. The standard InChI is InChI=1S/C40H45FO8S/c1-40(2,43)38-37(47-27-31-19-10-5-11-20-31)36(46-26-30-17-8-4-9-18-30)35(45-25-29-15-6-3-7-16-29)34(49-38)28-48-39(42)32-21-12-13-22-33(32)44-23-14-24-50-41/h3-13,15-22,34-38,43H,14,23-28H2,1-2H3. The third kappa shape index (κ3) is 10.9. The molecule has 0 aliphatic carbocycles. The van der Waals surface area contributed by atoms with E-state index >= 15 is 0 Å². The van der Waals surface area contributed by atoms with Crippen LogP contribution < -0.4 is 4.74 Å². The first-order valence-corrected chi connectivity index (χ1v) is 17.7. The van der Waals surface area contributed by atoms with Gasteiger partial charge in [0.15, 0.2) is 0 Å². The maximum absolute atomic E-state index is 13.5. The average Bonchev–Trinajstić information content (AvgIpc) is 3.14. The third-order valence-corrected chi connectivity index (χ3v) is 8.74. The molecule has 1 N–H and O–H groups in total. The van der Waals surface area contributed by atoms with Gasteiger partial charge in [0.1, 0.15) is 48.4 Å². The van der Waals surface area contributed by atoms with Crippen molar-refractivity contribution in [1.82, 2.24) is 0 Å². The molecule has 5 unspecified atom stereocenters. The van der Waals surface area contributed by atoms with Crippen LogP contribution >= 0.6 is 12.1 Å². The van der Waals surface area contributed by atoms with E-state index in [-0.39, 0.29) is 50.7 Å². The van der Waals surface area contributed by atoms with Crippen LogP contribution in [0.2, 0.25) is 0 Å². The summed E-state index contributed by atoms with van der Waals surface area (Å²) < 4.78 is 50.7. The predicted molar refractivity (Wildman–Crippen MR) is 190 cm³/mol. The average molecular weight is 705 g/mol. The van der Waals surface area contributed by atoms with Crippen LogP contribution in [0.15, 0.2) is 115 Å². The van der Waals surface area contributed by atoms with Gasteiger partial charge in [-0.1, -0.05) is 103 Å². The van der Waals surface area contributed by atoms with Crippen LogP contribution in [0.5, 0.6) is 5.75 Å². The number of carbonyl (C=O) groups excluding carboxylic acids is 1. The lowest BCUT2D eigenvalue weighted by Crippen LogP contribution is -2.65. The Morgan fingerprint density at radius 1 is 0.740 bits per heavy atom. The lowest BCUT2D eigenvalue weighted by atomic mass is 9.86. The highest BCUT2D eigenvalue weighted by Crippen LogP contribution is 2.35. The molecule has 8 nitrogen and oxygen atoms in total. The fourth-order valence-corrected chi connectivity index (χ4v) is 6.01. The van der Waals surface area contributed by atoms with Gasteiger partial charge in [-0.2, -0.15) is 3.89 Å². The van der Waals surface area contributed by atoms with Gasteiger partial charge in [-0.05, 0) is 49.1 Å². The van der Waals surface area contributed by atoms with E-state index in [1.54, 1.807) is 38.1 Å². The number of rotatable bonds is 18. The molecule has 0 aromatic heterocycles. The zero-order valence-corrected chi connectivity index (χ0v) is 29.2. The number of halogens is 1. The Kier molecular flexibility index (Phi) is 14.2. The topological polar surface area (TPSA) is 92.7 Å². The SMILES string of the molecule is CC(C)(O)C1OC(COC(=O)c2ccccc2OCCCSF)C(OCc2ccccc2)C(OCc2ccccc2)C1OCc1ccccc1. The lowest BCUT2D eigenvalue weighted by molar-refractivity contribution is -0.295. The van der Waals surface area contributed by atoms with Crippen LogP contribution in [0.3, 0.4) is 0 Å². The van der Waals surface area contributed by atoms with Crippen molar-refractivity contribution in [2.24, 2.45) is 0 Å². The summed E-state index contributed by atoms with van der Waals surface area (Å²) >= 11 is 0.245. The smallest absolute Gasteiger partial charge is 0.342 e. The van der Waals surface area contributed by atoms with Gasteiger partial charge in [0.25, 0.3) is 0 Å². The fraction of sp³-hybridized carbons (Fsp3) is 0.375. The molecule has 0 radical (unpaired) electrons. The van der Waals surface area contributed by atoms with Crippen molar-refractivity contribution in [2.75, 3.05) is 19.0 Å². The number of hydrogen-bond acceptors (Lipinski definition) is 9. The van der Waals surface area contributed by atoms with Crippen LogP contribution in [-0.2, 0) is 43.5 Å². The Morgan fingerprint density at radius 2 is 1.24 bits per heavy atom. The fourth-order valence-electron chi connectivity index (χ4n) is 5.78. The molecule has 1 aliphatic heterocycles. The highest BCUT2D eigenvalue weighted by atomic mass is 32.2. The van der Waals surface area contributed by atoms with Gasteiger partial charge >= 0.3 is 5.97 Å². The summed E-state index contributed by atoms with van der Waals surface area (Å²) in [5.74, 6) is 0.0209. The van der Waals surface area contributed by atoms with Crippen molar-refractivity contribution in [1.29, 1.82) is 0 Å². The number of carbonyl (C=O) groups is 1. The van der Waals surface area contributed by atoms with Gasteiger partial charge in [-0.3, -0.25) is 0 Å². The van der Waals surface area contributed by atoms with Crippen molar-refractivity contribution >= 4 is 18.1 Å². The van der Waals surface area contributed by atoms with Crippen molar-refractivity contribution in [3.8, 4) is 5.75 Å². The molecule has 0 bridgehead atoms. The summed E-state index contributed by atoms with van der Waals surface area (Å²) in [6, 6.07) is 36.0. The molecule has 5 atom stereocenters. The second-order valence-electron chi connectivity index (χ2n) is 12.6. The molecule has 266 valence electrons. The van der Waals surface area contributed by atoms with E-state index in [0.29, 0.717) is 17.9 Å². The zero-order valence-electron chi connectivity index (χ0n) is 28.4. The normalized spacial score (nSPS) is 20.7. The maximum atomic E-state index is 13.5. The molecule has 1 fully saturated rings. The summed E-state index contributed by atoms with van der Waals surface area (Å²) in [6.45, 7) is 4.10. The van der Waals surface area contributed by atoms with E-state index in [1.165, 1.54) is 0 Å². The molecule has 0 spiro atoms. The van der Waals surface area contributed by atoms with E-state index in [2.05, 4.69) is 0 Å². The molecule has 0 amide bonds. The molecule has 0 saturated carbocycles. The Hall–Kier alpha value is -3.77. The van der Waals surface area contributed by atoms with E-state index in [9.17, 15) is 13.8 Å². The number of ether oxygens (including phenoxy) is 6. The number of benzene rings is 4. The lowest BCUT2D eigenvalue weighted by Gasteiger charge is -2.49. The van der Waals surface area contributed by atoms with Crippen LogP contribution in [0.25, 0.3) is 0 Å². The first-order chi connectivity index (χ1) is 24.3. The number of para-hydroxylation sites is 1.